The van der Waals surface area contributed by atoms with Gasteiger partial charge in [-0.1, -0.05) is 133 Å². The molecule has 12 amide bonds. The van der Waals surface area contributed by atoms with Crippen molar-refractivity contribution in [1.82, 2.24) is 65.4 Å². The second-order valence-corrected chi connectivity index (χ2v) is 32.5. The number of hydrogen-bond donors (Lipinski definition) is 5. The number of piperidine rings is 1. The van der Waals surface area contributed by atoms with Gasteiger partial charge in [0.05, 0.1) is 32.3 Å². The van der Waals surface area contributed by atoms with Gasteiger partial charge in [-0.3, -0.25) is 62.4 Å². The van der Waals surface area contributed by atoms with Gasteiger partial charge in [0.15, 0.2) is 0 Å². The van der Waals surface area contributed by atoms with Crippen LogP contribution in [-0.2, 0) is 62.3 Å². The summed E-state index contributed by atoms with van der Waals surface area (Å²) in [6.07, 6.45) is 11.1. The molecule has 5 rings (SSSR count). The molecule has 5 N–H and O–H groups in total. The van der Waals surface area contributed by atoms with Crippen molar-refractivity contribution in [3.8, 4) is 0 Å². The van der Waals surface area contributed by atoms with Gasteiger partial charge in [0, 0.05) is 81.6 Å². The second-order valence-electron chi connectivity index (χ2n) is 32.5. The Labute approximate surface area is 621 Å². The minimum atomic E-state index is -1.64. The zero-order valence-corrected chi connectivity index (χ0v) is 66.5. The van der Waals surface area contributed by atoms with Crippen LogP contribution >= 0.6 is 0 Å². The molecule has 5 aliphatic rings. The Kier molecular flexibility index (Phi) is 36.2. The van der Waals surface area contributed by atoms with Crippen LogP contribution in [0.15, 0.2) is 0 Å². The Morgan fingerprint density at radius 3 is 1.47 bits per heavy atom. The first kappa shape index (κ1) is 88.2. The van der Waals surface area contributed by atoms with Crippen molar-refractivity contribution in [2.45, 2.75) is 284 Å². The zero-order valence-electron chi connectivity index (χ0n) is 66.5. The number of amides is 12. The van der Waals surface area contributed by atoms with Crippen LogP contribution in [0.3, 0.4) is 0 Å². The number of nitrogens with one attached hydrogen (secondary N) is 4. The van der Waals surface area contributed by atoms with E-state index in [0.29, 0.717) is 71.6 Å². The number of ether oxygens (including phenoxy) is 1. The summed E-state index contributed by atoms with van der Waals surface area (Å²) >= 11 is 0. The average Bonchev–Trinajstić information content (AvgIpc) is 0.810. The Hall–Kier alpha value is -6.48. The molecule has 0 aromatic heterocycles. The monoisotopic (exact) mass is 1470 g/mol. The summed E-state index contributed by atoms with van der Waals surface area (Å²) in [5.74, 6) is -8.72. The predicted molar refractivity (Wildman–Crippen MR) is 398 cm³/mol. The van der Waals surface area contributed by atoms with E-state index < -0.39 is 156 Å². The number of carbonyl (C=O) groups is 12. The van der Waals surface area contributed by atoms with Gasteiger partial charge in [-0.05, 0) is 114 Å². The average molecular weight is 1470 g/mol. The van der Waals surface area contributed by atoms with Gasteiger partial charge in [0.1, 0.15) is 60.4 Å². The highest BCUT2D eigenvalue weighted by Gasteiger charge is 2.45. The lowest BCUT2D eigenvalue weighted by atomic mass is 9.83. The van der Waals surface area contributed by atoms with Gasteiger partial charge in [0.2, 0.25) is 70.9 Å². The highest BCUT2D eigenvalue weighted by molar-refractivity contribution is 6.00. The molecule has 27 heteroatoms. The maximum absolute atomic E-state index is 15.9. The maximum atomic E-state index is 15.9. The largest absolute Gasteiger partial charge is 0.391 e. The Morgan fingerprint density at radius 1 is 0.490 bits per heavy atom. The van der Waals surface area contributed by atoms with Crippen LogP contribution in [-0.4, -0.2) is 288 Å². The lowest BCUT2D eigenvalue weighted by Gasteiger charge is -2.40. The number of nitrogens with zero attached hydrogens (tertiary/aromatic N) is 9. The van der Waals surface area contributed by atoms with E-state index in [9.17, 15) is 29.1 Å². The lowest BCUT2D eigenvalue weighted by Crippen LogP contribution is -2.62. The molecule has 3 heterocycles. The second kappa shape index (κ2) is 42.8. The summed E-state index contributed by atoms with van der Waals surface area (Å²) < 4.78 is 5.66. The predicted octanol–water partition coefficient (Wildman–Crippen LogP) is 4.79. The van der Waals surface area contributed by atoms with Crippen molar-refractivity contribution < 1.29 is 67.4 Å². The molecule has 3 aliphatic heterocycles. The van der Waals surface area contributed by atoms with Gasteiger partial charge in [-0.15, -0.1) is 0 Å². The van der Waals surface area contributed by atoms with E-state index in [1.807, 2.05) is 48.5 Å². The maximum Gasteiger partial charge on any atom is 0.248 e. The Bertz CT molecular complexity index is 2840. The third kappa shape index (κ3) is 25.6. The van der Waals surface area contributed by atoms with Crippen molar-refractivity contribution in [2.24, 2.45) is 35.5 Å². The minimum Gasteiger partial charge on any atom is -0.391 e. The molecule has 0 bridgehead atoms. The molecule has 2 saturated carbocycles. The van der Waals surface area contributed by atoms with Crippen LogP contribution in [0.1, 0.15) is 217 Å². The number of morpholine rings is 1. The van der Waals surface area contributed by atoms with Gasteiger partial charge in [-0.25, -0.2) is 0 Å². The van der Waals surface area contributed by atoms with Crippen molar-refractivity contribution in [3.63, 3.8) is 0 Å². The van der Waals surface area contributed by atoms with E-state index in [-0.39, 0.29) is 74.7 Å². The molecule has 5 fully saturated rings. The van der Waals surface area contributed by atoms with Crippen LogP contribution < -0.4 is 21.3 Å². The summed E-state index contributed by atoms with van der Waals surface area (Å²) in [6, 6.07) is -12.7. The molecular weight excluding hydrogens is 1330 g/mol. The van der Waals surface area contributed by atoms with Crippen molar-refractivity contribution in [3.05, 3.63) is 0 Å². The zero-order chi connectivity index (χ0) is 77.4. The summed E-state index contributed by atoms with van der Waals surface area (Å²) in [5, 5.41) is 23.3. The Balaban J connectivity index is 1.70. The first-order valence-corrected chi connectivity index (χ1v) is 39.4. The highest BCUT2D eigenvalue weighted by atomic mass is 16.5. The van der Waals surface area contributed by atoms with Crippen LogP contribution in [0.2, 0.25) is 0 Å². The molecule has 2 aliphatic carbocycles. The first-order valence-electron chi connectivity index (χ1n) is 39.4. The van der Waals surface area contributed by atoms with E-state index in [2.05, 4.69) is 26.2 Å². The fraction of sp³-hybridized carbons (Fsp3) is 0.844. The van der Waals surface area contributed by atoms with Crippen molar-refractivity contribution in [1.29, 1.82) is 0 Å². The molecule has 3 saturated heterocycles. The number of aliphatic hydroxyl groups is 1. The van der Waals surface area contributed by atoms with Gasteiger partial charge in [-0.2, -0.15) is 0 Å². The molecule has 0 unspecified atom stereocenters. The van der Waals surface area contributed by atoms with E-state index in [1.165, 1.54) is 71.4 Å². The van der Waals surface area contributed by atoms with Crippen molar-refractivity contribution in [2.75, 3.05) is 101 Å². The van der Waals surface area contributed by atoms with E-state index in [0.717, 1.165) is 75.5 Å². The SMILES string of the molecule is CCCCN1CC(=O)N(C)[C@@H](C(C)C)C(=O)N[C@H](C(=O)N2CCCCC2)CC(=O)N(C)[C@@H](C)C(=O)N[C@@H](CC(C)C)C(=O)N(C)[C@@H](CC(C)C)C(=O)N(C)[C@@H](CC2CCCCC2)C(=O)N[C@@H](CC(C)C)C(=O)N(C)[C@@H](CC2CCCCC2)C(=O)N(C)[C@@H](CCN2CCOCC2)C(=O)N[C@@H]([C@@H](C)O)C1=O. The lowest BCUT2D eigenvalue weighted by molar-refractivity contribution is -0.152. The summed E-state index contributed by atoms with van der Waals surface area (Å²) in [4.78, 5) is 195. The fourth-order valence-corrected chi connectivity index (χ4v) is 15.7. The topological polar surface area (TPSA) is 312 Å². The van der Waals surface area contributed by atoms with Gasteiger partial charge >= 0.3 is 0 Å². The minimum absolute atomic E-state index is 0.00580. The van der Waals surface area contributed by atoms with Gasteiger partial charge < -0.3 is 70.3 Å². The number of unbranched alkanes of at least 4 members (excludes halogenated alkanes) is 1. The standard InChI is InChI=1S/C77H135N13O14/c1-18-19-34-90-48-65(93)87(17)67(52(8)9)71(97)80-59(74(100)89-35-27-22-28-36-89)47-64(92)82(12)53(10)68(94)78-57(42-49(2)3)72(98)85(15)62(44-51(6)7)75(101)84(14)61(45-55-29-23-20-24-30-55)70(96)79-58(43-50(4)5)73(99)86(16)63(46-56-31-25-21-26-32-56)76(102)83(13)60(33-37-88-38-40-104-41-39-88)69(95)81-66(54(11)91)77(90)103/h49-63,66-67,91H,18-48H2,1-17H3,(H,78,94)(H,79,96)(H,80,97)(H,81,95)/t53-,54+,57-,58-,59-,60-,61-,62-,63-,66-,67-/m0/s1. The van der Waals surface area contributed by atoms with E-state index in [1.54, 1.807) is 32.8 Å². The first-order chi connectivity index (χ1) is 49.1. The number of rotatable bonds is 19. The number of likely N-dealkylation sites (N-methyl/N-ethyl adjacent to an activating group) is 6. The highest BCUT2D eigenvalue weighted by Crippen LogP contribution is 2.32. The Morgan fingerprint density at radius 2 is 0.962 bits per heavy atom. The molecule has 592 valence electrons. The molecule has 0 aromatic rings. The summed E-state index contributed by atoms with van der Waals surface area (Å²) in [5.41, 5.74) is 0. The molecule has 0 spiro atoms. The summed E-state index contributed by atoms with van der Waals surface area (Å²) in [7, 11) is 8.93. The molecule has 27 nitrogen and oxygen atoms in total. The van der Waals surface area contributed by atoms with Gasteiger partial charge in [0.25, 0.3) is 0 Å². The molecule has 104 heavy (non-hydrogen) atoms. The fourth-order valence-electron chi connectivity index (χ4n) is 15.7. The number of hydrogen-bond acceptors (Lipinski definition) is 15. The van der Waals surface area contributed by atoms with Crippen LogP contribution in [0.25, 0.3) is 0 Å². The summed E-state index contributed by atoms with van der Waals surface area (Å²) in [6.45, 7) is 22.1. The van der Waals surface area contributed by atoms with Crippen LogP contribution in [0.5, 0.6) is 0 Å². The third-order valence-corrected chi connectivity index (χ3v) is 22.4. The quantitative estimate of drug-likeness (QED) is 0.116. The van der Waals surface area contributed by atoms with Crippen LogP contribution in [0.4, 0.5) is 0 Å². The number of aliphatic hydroxyl groups excluding tert-OH is 1. The molecule has 0 radical (unpaired) electrons. The van der Waals surface area contributed by atoms with E-state index in [4.69, 9.17) is 4.74 Å². The smallest absolute Gasteiger partial charge is 0.248 e. The number of likely N-dealkylation sites (tertiary alicyclic amines) is 1. The van der Waals surface area contributed by atoms with Crippen molar-refractivity contribution >= 4 is 70.9 Å². The third-order valence-electron chi connectivity index (χ3n) is 22.4. The van der Waals surface area contributed by atoms with Crippen LogP contribution in [0, 0.1) is 35.5 Å². The molecule has 11 atom stereocenters. The normalized spacial score (nSPS) is 27.8. The number of carbonyl (C=O) groups excluding carboxylic acids is 12. The van der Waals surface area contributed by atoms with E-state index >= 15 is 33.6 Å². The molecular formula is C77H135N13O14. The molecule has 0 aromatic carbocycles.